The summed E-state index contributed by atoms with van der Waals surface area (Å²) in [6.07, 6.45) is 5.10. The predicted molar refractivity (Wildman–Crippen MR) is 80.1 cm³/mol. The molecule has 0 radical (unpaired) electrons. The van der Waals surface area contributed by atoms with Gasteiger partial charge in [-0.15, -0.1) is 11.8 Å². The van der Waals surface area contributed by atoms with Crippen molar-refractivity contribution < 1.29 is 4.79 Å². The molecule has 3 rings (SSSR count). The average molecular weight is 284 g/mol. The molecule has 1 amide bonds. The molecule has 0 unspecified atom stereocenters. The lowest BCUT2D eigenvalue weighted by Gasteiger charge is -2.09. The molecule has 1 aromatic carbocycles. The lowest BCUT2D eigenvalue weighted by molar-refractivity contribution is 0.102. The third-order valence-electron chi connectivity index (χ3n) is 2.92. The zero-order valence-corrected chi connectivity index (χ0v) is 11.6. The number of amides is 1. The second-order valence-electron chi connectivity index (χ2n) is 4.12. The molecular formula is C14H12N4OS. The van der Waals surface area contributed by atoms with E-state index in [0.717, 1.165) is 10.6 Å². The molecule has 0 fully saturated rings. The number of fused-ring (bicyclic) bond motifs is 1. The van der Waals surface area contributed by atoms with Gasteiger partial charge in [-0.2, -0.15) is 0 Å². The van der Waals surface area contributed by atoms with Crippen LogP contribution in [0.4, 0.5) is 5.69 Å². The molecule has 0 aliphatic rings. The van der Waals surface area contributed by atoms with Crippen molar-refractivity contribution in [1.82, 2.24) is 15.0 Å². The van der Waals surface area contributed by atoms with E-state index < -0.39 is 0 Å². The quantitative estimate of drug-likeness (QED) is 0.725. The summed E-state index contributed by atoms with van der Waals surface area (Å²) in [6, 6.07) is 9.47. The highest BCUT2D eigenvalue weighted by Gasteiger charge is 2.14. The van der Waals surface area contributed by atoms with Gasteiger partial charge in [0, 0.05) is 11.1 Å². The van der Waals surface area contributed by atoms with Gasteiger partial charge in [0.2, 0.25) is 0 Å². The topological polar surface area (TPSA) is 70.7 Å². The summed E-state index contributed by atoms with van der Waals surface area (Å²) >= 11 is 1.58. The highest BCUT2D eigenvalue weighted by atomic mass is 32.2. The second-order valence-corrected chi connectivity index (χ2v) is 4.96. The van der Waals surface area contributed by atoms with Gasteiger partial charge in [0.1, 0.15) is 17.7 Å². The van der Waals surface area contributed by atoms with Crippen LogP contribution in [0.1, 0.15) is 10.5 Å². The first-order valence-electron chi connectivity index (χ1n) is 6.02. The van der Waals surface area contributed by atoms with Crippen molar-refractivity contribution in [2.24, 2.45) is 0 Å². The van der Waals surface area contributed by atoms with Gasteiger partial charge in [-0.1, -0.05) is 12.1 Å². The maximum atomic E-state index is 12.4. The summed E-state index contributed by atoms with van der Waals surface area (Å²) in [5, 5.41) is 3.61. The van der Waals surface area contributed by atoms with E-state index in [1.54, 1.807) is 24.0 Å². The largest absolute Gasteiger partial charge is 0.346 e. The maximum absolute atomic E-state index is 12.4. The number of aromatic nitrogens is 3. The molecule has 3 aromatic rings. The van der Waals surface area contributed by atoms with Crippen molar-refractivity contribution in [2.45, 2.75) is 4.90 Å². The minimum atomic E-state index is -0.237. The summed E-state index contributed by atoms with van der Waals surface area (Å²) in [5.74, 6) is -0.237. The Balaban J connectivity index is 1.95. The molecule has 0 bridgehead atoms. The summed E-state index contributed by atoms with van der Waals surface area (Å²) in [4.78, 5) is 24.5. The molecule has 2 heterocycles. The lowest BCUT2D eigenvalue weighted by atomic mass is 10.2. The first-order valence-corrected chi connectivity index (χ1v) is 7.24. The molecule has 0 atom stereocenters. The number of carbonyl (C=O) groups is 1. The first-order chi connectivity index (χ1) is 9.79. The number of carbonyl (C=O) groups excluding carboxylic acids is 1. The fourth-order valence-electron chi connectivity index (χ4n) is 1.98. The van der Waals surface area contributed by atoms with Crippen LogP contribution in [-0.4, -0.2) is 27.1 Å². The van der Waals surface area contributed by atoms with Crippen LogP contribution in [0.25, 0.3) is 11.0 Å². The minimum Gasteiger partial charge on any atom is -0.346 e. The molecule has 5 nitrogen and oxygen atoms in total. The number of H-pyrrole nitrogens is 1. The Morgan fingerprint density at radius 1 is 1.25 bits per heavy atom. The highest BCUT2D eigenvalue weighted by molar-refractivity contribution is 7.98. The van der Waals surface area contributed by atoms with E-state index in [-0.39, 0.29) is 5.91 Å². The van der Waals surface area contributed by atoms with E-state index in [1.165, 1.54) is 6.33 Å². The average Bonchev–Trinajstić information content (AvgIpc) is 2.96. The van der Waals surface area contributed by atoms with E-state index in [2.05, 4.69) is 20.3 Å². The Morgan fingerprint density at radius 3 is 2.95 bits per heavy atom. The van der Waals surface area contributed by atoms with E-state index in [4.69, 9.17) is 0 Å². The number of nitrogens with zero attached hydrogens (tertiary/aromatic N) is 2. The highest BCUT2D eigenvalue weighted by Crippen LogP contribution is 2.25. The minimum absolute atomic E-state index is 0.237. The third kappa shape index (κ3) is 2.25. The normalized spacial score (nSPS) is 10.7. The number of benzene rings is 1. The van der Waals surface area contributed by atoms with E-state index >= 15 is 0 Å². The molecule has 2 N–H and O–H groups in total. The first kappa shape index (κ1) is 12.7. The van der Waals surface area contributed by atoms with Gasteiger partial charge in [-0.05, 0) is 24.5 Å². The Morgan fingerprint density at radius 2 is 2.10 bits per heavy atom. The Labute approximate surface area is 119 Å². The van der Waals surface area contributed by atoms with Crippen molar-refractivity contribution in [3.8, 4) is 0 Å². The lowest BCUT2D eigenvalue weighted by Crippen LogP contribution is -2.14. The molecule has 0 saturated heterocycles. The van der Waals surface area contributed by atoms with Crippen molar-refractivity contribution in [2.75, 3.05) is 11.6 Å². The van der Waals surface area contributed by atoms with Crippen LogP contribution >= 0.6 is 11.8 Å². The number of anilines is 1. The van der Waals surface area contributed by atoms with Crippen LogP contribution in [0.3, 0.4) is 0 Å². The molecule has 0 aliphatic carbocycles. The fraction of sp³-hybridized carbons (Fsp3) is 0.0714. The number of thioether (sulfide) groups is 1. The summed E-state index contributed by atoms with van der Waals surface area (Å²) in [6.45, 7) is 0. The number of nitrogens with one attached hydrogen (secondary N) is 2. The Kier molecular flexibility index (Phi) is 3.39. The molecule has 2 aromatic heterocycles. The van der Waals surface area contributed by atoms with Crippen molar-refractivity contribution in [1.29, 1.82) is 0 Å². The van der Waals surface area contributed by atoms with Gasteiger partial charge in [-0.25, -0.2) is 9.97 Å². The second kappa shape index (κ2) is 5.34. The zero-order chi connectivity index (χ0) is 13.9. The molecular weight excluding hydrogens is 272 g/mol. The van der Waals surface area contributed by atoms with Crippen molar-refractivity contribution in [3.05, 3.63) is 48.5 Å². The molecule has 100 valence electrons. The Hall–Kier alpha value is -2.34. The van der Waals surface area contributed by atoms with Crippen molar-refractivity contribution >= 4 is 34.4 Å². The number of hydrogen-bond donors (Lipinski definition) is 2. The van der Waals surface area contributed by atoms with Crippen molar-refractivity contribution in [3.63, 3.8) is 0 Å². The van der Waals surface area contributed by atoms with E-state index in [0.29, 0.717) is 16.7 Å². The SMILES string of the molecule is CSc1ccccc1NC(=O)c1ncnc2[nH]ccc12. The summed E-state index contributed by atoms with van der Waals surface area (Å²) in [7, 11) is 0. The van der Waals surface area contributed by atoms with Crippen LogP contribution in [0.15, 0.2) is 47.8 Å². The molecule has 20 heavy (non-hydrogen) atoms. The fourth-order valence-corrected chi connectivity index (χ4v) is 2.54. The van der Waals surface area contributed by atoms with Gasteiger partial charge in [-0.3, -0.25) is 4.79 Å². The number of para-hydroxylation sites is 1. The number of hydrogen-bond acceptors (Lipinski definition) is 4. The monoisotopic (exact) mass is 284 g/mol. The van der Waals surface area contributed by atoms with Crippen LogP contribution in [0.2, 0.25) is 0 Å². The zero-order valence-electron chi connectivity index (χ0n) is 10.8. The van der Waals surface area contributed by atoms with Gasteiger partial charge < -0.3 is 10.3 Å². The van der Waals surface area contributed by atoms with Crippen LogP contribution in [0.5, 0.6) is 0 Å². The molecule has 0 aliphatic heterocycles. The Bertz CT molecular complexity index is 768. The van der Waals surface area contributed by atoms with Crippen LogP contribution in [0, 0.1) is 0 Å². The third-order valence-corrected chi connectivity index (χ3v) is 3.72. The van der Waals surface area contributed by atoms with Gasteiger partial charge in [0.15, 0.2) is 0 Å². The van der Waals surface area contributed by atoms with Crippen LogP contribution < -0.4 is 5.32 Å². The van der Waals surface area contributed by atoms with Gasteiger partial charge in [0.25, 0.3) is 5.91 Å². The van der Waals surface area contributed by atoms with Gasteiger partial charge in [0.05, 0.1) is 11.1 Å². The standard InChI is InChI=1S/C14H12N4OS/c1-20-11-5-3-2-4-10(11)18-14(19)12-9-6-7-15-13(9)17-8-16-12/h2-8H,1H3,(H,18,19)(H,15,16,17). The predicted octanol–water partition coefficient (Wildman–Crippen LogP) is 2.93. The smallest absolute Gasteiger partial charge is 0.275 e. The van der Waals surface area contributed by atoms with E-state index in [1.807, 2.05) is 30.5 Å². The number of aromatic amines is 1. The number of rotatable bonds is 3. The summed E-state index contributed by atoms with van der Waals surface area (Å²) < 4.78 is 0. The summed E-state index contributed by atoms with van der Waals surface area (Å²) in [5.41, 5.74) is 1.81. The molecule has 0 saturated carbocycles. The van der Waals surface area contributed by atoms with Gasteiger partial charge >= 0.3 is 0 Å². The molecule has 0 spiro atoms. The molecule has 6 heteroatoms. The van der Waals surface area contributed by atoms with Crippen LogP contribution in [-0.2, 0) is 0 Å². The van der Waals surface area contributed by atoms with E-state index in [9.17, 15) is 4.79 Å². The maximum Gasteiger partial charge on any atom is 0.275 e.